The number of rotatable bonds is 1. The van der Waals surface area contributed by atoms with Gasteiger partial charge in [-0.2, -0.15) is 4.31 Å². The van der Waals surface area contributed by atoms with E-state index in [9.17, 15) is 8.42 Å². The molecule has 0 saturated carbocycles. The van der Waals surface area contributed by atoms with Crippen molar-refractivity contribution in [1.29, 1.82) is 0 Å². The fraction of sp³-hybridized carbons (Fsp3) is 0.571. The monoisotopic (exact) mass is 201 g/mol. The predicted molar refractivity (Wildman–Crippen MR) is 47.5 cm³/mol. The molecule has 2 heterocycles. The largest absolute Gasteiger partial charge is 0.333 e. The van der Waals surface area contributed by atoms with E-state index in [0.29, 0.717) is 19.6 Å². The minimum atomic E-state index is -3.07. The van der Waals surface area contributed by atoms with E-state index in [4.69, 9.17) is 0 Å². The van der Waals surface area contributed by atoms with Crippen LogP contribution in [0.4, 0.5) is 0 Å². The first-order valence-electron chi connectivity index (χ1n) is 4.02. The van der Waals surface area contributed by atoms with E-state index in [0.717, 1.165) is 5.82 Å². The molecule has 1 aliphatic heterocycles. The molecule has 0 fully saturated rings. The molecule has 0 atom stereocenters. The molecule has 6 heteroatoms. The fourth-order valence-corrected chi connectivity index (χ4v) is 2.20. The molecule has 0 unspecified atom stereocenters. The van der Waals surface area contributed by atoms with Crippen LogP contribution in [0.5, 0.6) is 0 Å². The second-order valence-electron chi connectivity index (χ2n) is 3.13. The van der Waals surface area contributed by atoms with E-state index >= 15 is 0 Å². The van der Waals surface area contributed by atoms with E-state index < -0.39 is 10.0 Å². The molecule has 0 amide bonds. The molecule has 0 bridgehead atoms. The van der Waals surface area contributed by atoms with Gasteiger partial charge in [0.2, 0.25) is 10.0 Å². The number of imidazole rings is 1. The zero-order valence-electron chi connectivity index (χ0n) is 7.34. The molecule has 2 rings (SSSR count). The first-order chi connectivity index (χ1) is 6.07. The third kappa shape index (κ3) is 1.59. The number of nitrogens with zero attached hydrogens (tertiary/aromatic N) is 3. The van der Waals surface area contributed by atoms with Crippen LogP contribution in [0, 0.1) is 0 Å². The third-order valence-corrected chi connectivity index (χ3v) is 3.43. The topological polar surface area (TPSA) is 55.2 Å². The molecule has 0 aromatic carbocycles. The SMILES string of the molecule is CS(=O)(=O)N1CCn2ccnc2C1. The average molecular weight is 201 g/mol. The third-order valence-electron chi connectivity index (χ3n) is 2.18. The van der Waals surface area contributed by atoms with Crippen LogP contribution in [0.2, 0.25) is 0 Å². The highest BCUT2D eigenvalue weighted by Gasteiger charge is 2.23. The smallest absolute Gasteiger partial charge is 0.211 e. The summed E-state index contributed by atoms with van der Waals surface area (Å²) in [7, 11) is -3.07. The maximum atomic E-state index is 11.2. The molecule has 0 saturated heterocycles. The minimum Gasteiger partial charge on any atom is -0.333 e. The van der Waals surface area contributed by atoms with Crippen LogP contribution in [-0.2, 0) is 23.1 Å². The maximum Gasteiger partial charge on any atom is 0.211 e. The highest BCUT2D eigenvalue weighted by atomic mass is 32.2. The van der Waals surface area contributed by atoms with Gasteiger partial charge in [-0.05, 0) is 0 Å². The van der Waals surface area contributed by atoms with Gasteiger partial charge in [0, 0.05) is 25.5 Å². The van der Waals surface area contributed by atoms with Crippen molar-refractivity contribution in [3.8, 4) is 0 Å². The lowest BCUT2D eigenvalue weighted by molar-refractivity contribution is 0.338. The van der Waals surface area contributed by atoms with Gasteiger partial charge in [0.25, 0.3) is 0 Å². The summed E-state index contributed by atoms with van der Waals surface area (Å²) < 4.78 is 25.8. The average Bonchev–Trinajstić information content (AvgIpc) is 2.47. The summed E-state index contributed by atoms with van der Waals surface area (Å²) in [4.78, 5) is 4.08. The summed E-state index contributed by atoms with van der Waals surface area (Å²) in [5, 5.41) is 0. The van der Waals surface area contributed by atoms with Gasteiger partial charge in [-0.25, -0.2) is 13.4 Å². The summed E-state index contributed by atoms with van der Waals surface area (Å²) in [6, 6.07) is 0. The van der Waals surface area contributed by atoms with Gasteiger partial charge in [-0.1, -0.05) is 0 Å². The molecule has 1 aromatic rings. The minimum absolute atomic E-state index is 0.395. The van der Waals surface area contributed by atoms with Crippen molar-refractivity contribution >= 4 is 10.0 Å². The van der Waals surface area contributed by atoms with E-state index in [1.54, 1.807) is 6.20 Å². The standard InChI is InChI=1S/C7H11N3O2S/c1-13(11,12)10-5-4-9-3-2-8-7(9)6-10/h2-3H,4-6H2,1H3. The van der Waals surface area contributed by atoms with E-state index in [-0.39, 0.29) is 0 Å². The van der Waals surface area contributed by atoms with E-state index in [1.807, 2.05) is 10.8 Å². The quantitative estimate of drug-likeness (QED) is 0.624. The van der Waals surface area contributed by atoms with Crippen LogP contribution in [0.25, 0.3) is 0 Å². The van der Waals surface area contributed by atoms with Gasteiger partial charge in [-0.15, -0.1) is 0 Å². The Kier molecular flexibility index (Phi) is 1.88. The van der Waals surface area contributed by atoms with Gasteiger partial charge in [-0.3, -0.25) is 0 Å². The Labute approximate surface area is 77.0 Å². The summed E-state index contributed by atoms with van der Waals surface area (Å²) in [6.07, 6.45) is 4.79. The molecule has 0 aliphatic carbocycles. The number of fused-ring (bicyclic) bond motifs is 1. The molecule has 5 nitrogen and oxygen atoms in total. The maximum absolute atomic E-state index is 11.2. The Morgan fingerprint density at radius 1 is 1.46 bits per heavy atom. The Bertz CT molecular complexity index is 409. The highest BCUT2D eigenvalue weighted by Crippen LogP contribution is 2.12. The van der Waals surface area contributed by atoms with Crippen molar-refractivity contribution in [2.24, 2.45) is 0 Å². The number of sulfonamides is 1. The lowest BCUT2D eigenvalue weighted by Crippen LogP contribution is -2.37. The molecule has 1 aliphatic rings. The highest BCUT2D eigenvalue weighted by molar-refractivity contribution is 7.88. The predicted octanol–water partition coefficient (Wildman–Crippen LogP) is -0.342. The molecule has 0 spiro atoms. The summed E-state index contributed by atoms with van der Waals surface area (Å²) in [5.41, 5.74) is 0. The fourth-order valence-electron chi connectivity index (χ4n) is 1.43. The Hall–Kier alpha value is -0.880. The Morgan fingerprint density at radius 3 is 2.92 bits per heavy atom. The molecular formula is C7H11N3O2S. The molecule has 0 N–H and O–H groups in total. The van der Waals surface area contributed by atoms with Crippen LogP contribution in [0.15, 0.2) is 12.4 Å². The first-order valence-corrected chi connectivity index (χ1v) is 5.87. The van der Waals surface area contributed by atoms with Gasteiger partial charge in [0.1, 0.15) is 5.82 Å². The van der Waals surface area contributed by atoms with Crippen LogP contribution in [0.3, 0.4) is 0 Å². The second-order valence-corrected chi connectivity index (χ2v) is 5.12. The second kappa shape index (κ2) is 2.81. The van der Waals surface area contributed by atoms with Crippen LogP contribution < -0.4 is 0 Å². The van der Waals surface area contributed by atoms with E-state index in [2.05, 4.69) is 4.98 Å². The molecule has 72 valence electrons. The number of hydrogen-bond donors (Lipinski definition) is 0. The zero-order chi connectivity index (χ0) is 9.47. The summed E-state index contributed by atoms with van der Waals surface area (Å²) in [6.45, 7) is 1.64. The van der Waals surface area contributed by atoms with Gasteiger partial charge < -0.3 is 4.57 Å². The summed E-state index contributed by atoms with van der Waals surface area (Å²) >= 11 is 0. The normalized spacial score (nSPS) is 18.5. The molecule has 13 heavy (non-hydrogen) atoms. The number of hydrogen-bond acceptors (Lipinski definition) is 3. The van der Waals surface area contributed by atoms with Crippen molar-refractivity contribution in [1.82, 2.24) is 13.9 Å². The van der Waals surface area contributed by atoms with Gasteiger partial charge in [0.15, 0.2) is 0 Å². The lowest BCUT2D eigenvalue weighted by atomic mass is 10.4. The zero-order valence-corrected chi connectivity index (χ0v) is 8.16. The van der Waals surface area contributed by atoms with Crippen LogP contribution in [0.1, 0.15) is 5.82 Å². The molecule has 1 aromatic heterocycles. The molecule has 0 radical (unpaired) electrons. The molecular weight excluding hydrogens is 190 g/mol. The van der Waals surface area contributed by atoms with Crippen molar-refractivity contribution in [3.05, 3.63) is 18.2 Å². The first kappa shape index (κ1) is 8.71. The van der Waals surface area contributed by atoms with Crippen molar-refractivity contribution < 1.29 is 8.42 Å². The van der Waals surface area contributed by atoms with Gasteiger partial charge in [0.05, 0.1) is 12.8 Å². The van der Waals surface area contributed by atoms with Gasteiger partial charge >= 0.3 is 0 Å². The van der Waals surface area contributed by atoms with Crippen LogP contribution >= 0.6 is 0 Å². The van der Waals surface area contributed by atoms with Crippen molar-refractivity contribution in [2.45, 2.75) is 13.1 Å². The van der Waals surface area contributed by atoms with E-state index in [1.165, 1.54) is 10.6 Å². The Morgan fingerprint density at radius 2 is 2.23 bits per heavy atom. The lowest BCUT2D eigenvalue weighted by Gasteiger charge is -2.25. The Balaban J connectivity index is 2.27. The van der Waals surface area contributed by atoms with Crippen molar-refractivity contribution in [2.75, 3.05) is 12.8 Å². The van der Waals surface area contributed by atoms with Crippen LogP contribution in [-0.4, -0.2) is 35.1 Å². The summed E-state index contributed by atoms with van der Waals surface area (Å²) in [5.74, 6) is 0.816. The van der Waals surface area contributed by atoms with Crippen molar-refractivity contribution in [3.63, 3.8) is 0 Å². The number of aromatic nitrogens is 2.